The molecule has 0 spiro atoms. The SMILES string of the molecule is CC(C)(C)OC(=O)N1CCC(N2CCC(C(=O)O)CC2)CC1. The Hall–Kier alpha value is -1.30. The molecule has 1 N–H and O–H groups in total. The quantitative estimate of drug-likeness (QED) is 0.846. The van der Waals surface area contributed by atoms with Gasteiger partial charge >= 0.3 is 12.1 Å². The highest BCUT2D eigenvalue weighted by Gasteiger charge is 2.32. The zero-order valence-electron chi connectivity index (χ0n) is 13.9. The molecule has 2 saturated heterocycles. The van der Waals surface area contributed by atoms with Crippen molar-refractivity contribution in [1.29, 1.82) is 0 Å². The lowest BCUT2D eigenvalue weighted by Crippen LogP contribution is -2.50. The maximum Gasteiger partial charge on any atom is 0.410 e. The molecule has 6 heteroatoms. The highest BCUT2D eigenvalue weighted by molar-refractivity contribution is 5.70. The largest absolute Gasteiger partial charge is 0.481 e. The molecular weight excluding hydrogens is 284 g/mol. The molecule has 0 aromatic rings. The second-order valence-electron chi connectivity index (χ2n) is 7.35. The van der Waals surface area contributed by atoms with Gasteiger partial charge in [0.05, 0.1) is 5.92 Å². The summed E-state index contributed by atoms with van der Waals surface area (Å²) in [5, 5.41) is 9.05. The Labute approximate surface area is 132 Å². The van der Waals surface area contributed by atoms with Crippen molar-refractivity contribution in [2.45, 2.75) is 58.1 Å². The third-order valence-electron chi connectivity index (χ3n) is 4.51. The van der Waals surface area contributed by atoms with E-state index in [1.807, 2.05) is 20.8 Å². The molecule has 1 amide bonds. The number of aliphatic carboxylic acids is 1. The summed E-state index contributed by atoms with van der Waals surface area (Å²) in [4.78, 5) is 27.2. The van der Waals surface area contributed by atoms with Crippen molar-refractivity contribution in [3.8, 4) is 0 Å². The number of carbonyl (C=O) groups is 2. The predicted octanol–water partition coefficient (Wildman–Crippen LogP) is 2.18. The first-order chi connectivity index (χ1) is 10.3. The summed E-state index contributed by atoms with van der Waals surface area (Å²) in [6, 6.07) is 0.466. The molecule has 2 aliphatic heterocycles. The van der Waals surface area contributed by atoms with Crippen LogP contribution in [0.15, 0.2) is 0 Å². The van der Waals surface area contributed by atoms with E-state index in [1.165, 1.54) is 0 Å². The Morgan fingerprint density at radius 2 is 1.55 bits per heavy atom. The van der Waals surface area contributed by atoms with E-state index >= 15 is 0 Å². The summed E-state index contributed by atoms with van der Waals surface area (Å²) in [5.41, 5.74) is -0.452. The fraction of sp³-hybridized carbons (Fsp3) is 0.875. The number of hydrogen-bond donors (Lipinski definition) is 1. The van der Waals surface area contributed by atoms with E-state index in [4.69, 9.17) is 9.84 Å². The van der Waals surface area contributed by atoms with Gasteiger partial charge in [0.1, 0.15) is 5.60 Å². The third kappa shape index (κ3) is 4.60. The summed E-state index contributed by atoms with van der Waals surface area (Å²) >= 11 is 0. The molecule has 0 aliphatic carbocycles. The number of carboxylic acid groups (broad SMARTS) is 1. The Balaban J connectivity index is 1.76. The first-order valence-corrected chi connectivity index (χ1v) is 8.21. The van der Waals surface area contributed by atoms with Gasteiger partial charge in [-0.25, -0.2) is 4.79 Å². The van der Waals surface area contributed by atoms with Crippen LogP contribution in [0, 0.1) is 5.92 Å². The number of amides is 1. The van der Waals surface area contributed by atoms with Crippen LogP contribution in [0.2, 0.25) is 0 Å². The highest BCUT2D eigenvalue weighted by atomic mass is 16.6. The number of carbonyl (C=O) groups excluding carboxylic acids is 1. The van der Waals surface area contributed by atoms with Crippen LogP contribution in [0.1, 0.15) is 46.5 Å². The number of likely N-dealkylation sites (tertiary alicyclic amines) is 2. The van der Waals surface area contributed by atoms with Gasteiger partial charge in [-0.05, 0) is 59.5 Å². The van der Waals surface area contributed by atoms with Crippen LogP contribution in [-0.4, -0.2) is 64.8 Å². The lowest BCUT2D eigenvalue weighted by Gasteiger charge is -2.41. The van der Waals surface area contributed by atoms with Crippen LogP contribution >= 0.6 is 0 Å². The molecule has 0 radical (unpaired) electrons. The average Bonchev–Trinajstić information content (AvgIpc) is 2.46. The summed E-state index contributed by atoms with van der Waals surface area (Å²) in [6.07, 6.45) is 3.13. The van der Waals surface area contributed by atoms with E-state index in [1.54, 1.807) is 4.90 Å². The monoisotopic (exact) mass is 312 g/mol. The minimum absolute atomic E-state index is 0.182. The van der Waals surface area contributed by atoms with Crippen molar-refractivity contribution >= 4 is 12.1 Å². The van der Waals surface area contributed by atoms with Gasteiger partial charge in [0, 0.05) is 19.1 Å². The molecule has 0 aromatic carbocycles. The maximum atomic E-state index is 12.0. The summed E-state index contributed by atoms with van der Waals surface area (Å²) in [7, 11) is 0. The fourth-order valence-corrected chi connectivity index (χ4v) is 3.25. The Morgan fingerprint density at radius 3 is 2.00 bits per heavy atom. The number of nitrogens with zero attached hydrogens (tertiary/aromatic N) is 2. The van der Waals surface area contributed by atoms with Crippen LogP contribution < -0.4 is 0 Å². The molecule has 0 saturated carbocycles. The van der Waals surface area contributed by atoms with Gasteiger partial charge in [-0.1, -0.05) is 0 Å². The van der Waals surface area contributed by atoms with Gasteiger partial charge < -0.3 is 19.6 Å². The van der Waals surface area contributed by atoms with Gasteiger partial charge in [0.15, 0.2) is 0 Å². The smallest absolute Gasteiger partial charge is 0.410 e. The maximum absolute atomic E-state index is 12.0. The van der Waals surface area contributed by atoms with Gasteiger partial charge in [0.25, 0.3) is 0 Å². The Kier molecular flexibility index (Phi) is 5.32. The van der Waals surface area contributed by atoms with Gasteiger partial charge in [0.2, 0.25) is 0 Å². The molecular formula is C16H28N2O4. The van der Waals surface area contributed by atoms with Crippen LogP contribution in [0.5, 0.6) is 0 Å². The minimum atomic E-state index is -0.667. The second kappa shape index (κ2) is 6.86. The van der Waals surface area contributed by atoms with Crippen LogP contribution in [0.25, 0.3) is 0 Å². The zero-order chi connectivity index (χ0) is 16.3. The number of rotatable bonds is 2. The number of hydrogen-bond acceptors (Lipinski definition) is 4. The molecule has 2 rings (SSSR count). The van der Waals surface area contributed by atoms with E-state index in [2.05, 4.69) is 4.90 Å². The topological polar surface area (TPSA) is 70.1 Å². The summed E-state index contributed by atoms with van der Waals surface area (Å²) < 4.78 is 5.41. The van der Waals surface area contributed by atoms with E-state index in [0.717, 1.165) is 51.9 Å². The first kappa shape index (κ1) is 17.1. The Morgan fingerprint density at radius 1 is 1.00 bits per heavy atom. The molecule has 22 heavy (non-hydrogen) atoms. The molecule has 126 valence electrons. The number of carboxylic acids is 1. The molecule has 0 bridgehead atoms. The van der Waals surface area contributed by atoms with E-state index in [9.17, 15) is 9.59 Å². The van der Waals surface area contributed by atoms with Crippen LogP contribution in [0.3, 0.4) is 0 Å². The first-order valence-electron chi connectivity index (χ1n) is 8.21. The Bertz CT molecular complexity index is 403. The van der Waals surface area contributed by atoms with E-state index < -0.39 is 11.6 Å². The molecule has 6 nitrogen and oxygen atoms in total. The van der Waals surface area contributed by atoms with Crippen molar-refractivity contribution < 1.29 is 19.4 Å². The van der Waals surface area contributed by atoms with Gasteiger partial charge in [-0.3, -0.25) is 4.79 Å². The van der Waals surface area contributed by atoms with Crippen LogP contribution in [-0.2, 0) is 9.53 Å². The molecule has 0 aromatic heterocycles. The molecule has 2 aliphatic rings. The predicted molar refractivity (Wildman–Crippen MR) is 82.8 cm³/mol. The molecule has 2 fully saturated rings. The molecule has 2 heterocycles. The lowest BCUT2D eigenvalue weighted by molar-refractivity contribution is -0.143. The summed E-state index contributed by atoms with van der Waals surface area (Å²) in [5.74, 6) is -0.850. The van der Waals surface area contributed by atoms with Crippen molar-refractivity contribution in [2.75, 3.05) is 26.2 Å². The fourth-order valence-electron chi connectivity index (χ4n) is 3.25. The van der Waals surface area contributed by atoms with Crippen LogP contribution in [0.4, 0.5) is 4.79 Å². The molecule has 0 unspecified atom stereocenters. The summed E-state index contributed by atoms with van der Waals surface area (Å²) in [6.45, 7) is 8.79. The average molecular weight is 312 g/mol. The second-order valence-corrected chi connectivity index (χ2v) is 7.35. The zero-order valence-corrected chi connectivity index (χ0v) is 13.9. The third-order valence-corrected chi connectivity index (χ3v) is 4.51. The minimum Gasteiger partial charge on any atom is -0.481 e. The standard InChI is InChI=1S/C16H28N2O4/c1-16(2,3)22-15(21)18-10-6-13(7-11-18)17-8-4-12(5-9-17)14(19)20/h12-13H,4-11H2,1-3H3,(H,19,20). The van der Waals surface area contributed by atoms with Crippen molar-refractivity contribution in [2.24, 2.45) is 5.92 Å². The van der Waals surface area contributed by atoms with Gasteiger partial charge in [-0.2, -0.15) is 0 Å². The van der Waals surface area contributed by atoms with Crippen molar-refractivity contribution in [3.63, 3.8) is 0 Å². The van der Waals surface area contributed by atoms with E-state index in [0.29, 0.717) is 6.04 Å². The van der Waals surface area contributed by atoms with Gasteiger partial charge in [-0.15, -0.1) is 0 Å². The highest BCUT2D eigenvalue weighted by Crippen LogP contribution is 2.24. The number of ether oxygens (including phenoxy) is 1. The molecule has 0 atom stereocenters. The van der Waals surface area contributed by atoms with Crippen molar-refractivity contribution in [1.82, 2.24) is 9.80 Å². The normalized spacial score (nSPS) is 22.6. The van der Waals surface area contributed by atoms with Crippen molar-refractivity contribution in [3.05, 3.63) is 0 Å². The number of piperidine rings is 2. The lowest BCUT2D eigenvalue weighted by atomic mass is 9.93. The van der Waals surface area contributed by atoms with E-state index in [-0.39, 0.29) is 12.0 Å².